The molecule has 0 saturated carbocycles. The van der Waals surface area contributed by atoms with E-state index in [9.17, 15) is 14.9 Å². The number of fused-ring (bicyclic) bond motifs is 1. The molecule has 1 amide bonds. The Morgan fingerprint density at radius 2 is 1.66 bits per heavy atom. The van der Waals surface area contributed by atoms with Crippen molar-refractivity contribution in [1.29, 1.82) is 0 Å². The second-order valence-corrected chi connectivity index (χ2v) is 7.74. The standard InChI is InChI=1S/C24H22N4O4/c29-24-21-6-1-2-7-22(21)25-23(17-4-3-5-20(16-17)28(30)31)27(24)19-10-8-18(9-11-19)26-12-14-32-15-13-26/h1-11,16,23,25H,12-15H2/t23-/m1/s1. The SMILES string of the molecule is O=C1c2ccccc2N[C@@H](c2cccc([N+](=O)[O-])c2)N1c1ccc(N2CCOCC2)cc1. The number of carbonyl (C=O) groups is 1. The van der Waals surface area contributed by atoms with E-state index in [-0.39, 0.29) is 11.6 Å². The zero-order valence-electron chi connectivity index (χ0n) is 17.3. The molecule has 0 radical (unpaired) electrons. The molecule has 8 heteroatoms. The fourth-order valence-corrected chi connectivity index (χ4v) is 4.21. The number of carbonyl (C=O) groups excluding carboxylic acids is 1. The van der Waals surface area contributed by atoms with Crippen LogP contribution in [-0.2, 0) is 4.74 Å². The van der Waals surface area contributed by atoms with Gasteiger partial charge in [-0.25, -0.2) is 0 Å². The normalized spacial score (nSPS) is 18.1. The van der Waals surface area contributed by atoms with Gasteiger partial charge in [0.25, 0.3) is 11.6 Å². The Bertz CT molecular complexity index is 1160. The number of amides is 1. The van der Waals surface area contributed by atoms with E-state index in [1.165, 1.54) is 12.1 Å². The minimum atomic E-state index is -0.577. The number of nitro benzene ring substituents is 1. The Labute approximate surface area is 185 Å². The van der Waals surface area contributed by atoms with Gasteiger partial charge in [-0.1, -0.05) is 24.3 Å². The molecule has 8 nitrogen and oxygen atoms in total. The van der Waals surface area contributed by atoms with Crippen molar-refractivity contribution in [3.8, 4) is 0 Å². The molecule has 3 aromatic rings. The summed E-state index contributed by atoms with van der Waals surface area (Å²) >= 11 is 0. The molecule has 0 aliphatic carbocycles. The molecular weight excluding hydrogens is 408 g/mol. The number of morpholine rings is 1. The summed E-state index contributed by atoms with van der Waals surface area (Å²) in [7, 11) is 0. The smallest absolute Gasteiger partial charge is 0.269 e. The maximum absolute atomic E-state index is 13.5. The van der Waals surface area contributed by atoms with Gasteiger partial charge in [0, 0.05) is 47.8 Å². The molecule has 1 saturated heterocycles. The Morgan fingerprint density at radius 3 is 2.41 bits per heavy atom. The summed E-state index contributed by atoms with van der Waals surface area (Å²) < 4.78 is 5.43. The summed E-state index contributed by atoms with van der Waals surface area (Å²) in [4.78, 5) is 28.3. The molecule has 0 bridgehead atoms. The third-order valence-electron chi connectivity index (χ3n) is 5.83. The Balaban J connectivity index is 1.55. The molecule has 0 spiro atoms. The number of hydrogen-bond donors (Lipinski definition) is 1. The maximum Gasteiger partial charge on any atom is 0.269 e. The second-order valence-electron chi connectivity index (χ2n) is 7.74. The van der Waals surface area contributed by atoms with Crippen LogP contribution in [0.3, 0.4) is 0 Å². The van der Waals surface area contributed by atoms with Crippen molar-refractivity contribution < 1.29 is 14.5 Å². The van der Waals surface area contributed by atoms with Crippen LogP contribution in [0.2, 0.25) is 0 Å². The number of hydrogen-bond acceptors (Lipinski definition) is 6. The van der Waals surface area contributed by atoms with Gasteiger partial charge in [-0.3, -0.25) is 19.8 Å². The first-order valence-electron chi connectivity index (χ1n) is 10.5. The number of rotatable bonds is 4. The third kappa shape index (κ3) is 3.65. The highest BCUT2D eigenvalue weighted by molar-refractivity contribution is 6.12. The van der Waals surface area contributed by atoms with E-state index in [4.69, 9.17) is 4.74 Å². The van der Waals surface area contributed by atoms with E-state index in [0.717, 1.165) is 18.8 Å². The number of para-hydroxylation sites is 1. The molecule has 3 aromatic carbocycles. The number of nitrogens with one attached hydrogen (secondary N) is 1. The molecule has 1 N–H and O–H groups in total. The van der Waals surface area contributed by atoms with Crippen molar-refractivity contribution in [2.45, 2.75) is 6.17 Å². The van der Waals surface area contributed by atoms with Gasteiger partial charge in [-0.05, 0) is 36.4 Å². The van der Waals surface area contributed by atoms with E-state index < -0.39 is 11.1 Å². The lowest BCUT2D eigenvalue weighted by molar-refractivity contribution is -0.384. The molecule has 0 unspecified atom stereocenters. The molecule has 2 aliphatic heterocycles. The molecule has 1 atom stereocenters. The Morgan fingerprint density at radius 1 is 0.938 bits per heavy atom. The predicted molar refractivity (Wildman–Crippen MR) is 122 cm³/mol. The zero-order chi connectivity index (χ0) is 22.1. The fourth-order valence-electron chi connectivity index (χ4n) is 4.21. The topological polar surface area (TPSA) is 87.9 Å². The summed E-state index contributed by atoms with van der Waals surface area (Å²) in [5, 5.41) is 14.7. The Hall–Kier alpha value is -3.91. The molecule has 0 aromatic heterocycles. The molecule has 32 heavy (non-hydrogen) atoms. The van der Waals surface area contributed by atoms with Crippen LogP contribution in [-0.4, -0.2) is 37.1 Å². The van der Waals surface area contributed by atoms with Crippen LogP contribution in [0.4, 0.5) is 22.7 Å². The second kappa shape index (κ2) is 8.32. The molecular formula is C24H22N4O4. The quantitative estimate of drug-likeness (QED) is 0.493. The van der Waals surface area contributed by atoms with Crippen LogP contribution in [0.25, 0.3) is 0 Å². The summed E-state index contributed by atoms with van der Waals surface area (Å²) in [5.41, 5.74) is 3.67. The van der Waals surface area contributed by atoms with Gasteiger partial charge in [0.2, 0.25) is 0 Å². The first kappa shape index (κ1) is 20.0. The highest BCUT2D eigenvalue weighted by atomic mass is 16.6. The van der Waals surface area contributed by atoms with Crippen molar-refractivity contribution in [2.24, 2.45) is 0 Å². The number of non-ortho nitro benzene ring substituents is 1. The van der Waals surface area contributed by atoms with E-state index in [1.54, 1.807) is 23.1 Å². The summed E-state index contributed by atoms with van der Waals surface area (Å²) in [5.74, 6) is -0.157. The van der Waals surface area contributed by atoms with Crippen molar-refractivity contribution in [2.75, 3.05) is 41.4 Å². The molecule has 5 rings (SSSR count). The maximum atomic E-state index is 13.5. The van der Waals surface area contributed by atoms with Crippen LogP contribution in [0.5, 0.6) is 0 Å². The monoisotopic (exact) mass is 430 g/mol. The summed E-state index contributed by atoms with van der Waals surface area (Å²) in [6.07, 6.45) is -0.577. The molecule has 2 heterocycles. The van der Waals surface area contributed by atoms with Crippen LogP contribution < -0.4 is 15.1 Å². The lowest BCUT2D eigenvalue weighted by Gasteiger charge is -2.38. The van der Waals surface area contributed by atoms with Crippen molar-refractivity contribution in [3.05, 3.63) is 94.0 Å². The number of benzene rings is 3. The molecule has 2 aliphatic rings. The number of anilines is 3. The minimum absolute atomic E-state index is 0.0155. The van der Waals surface area contributed by atoms with E-state index >= 15 is 0 Å². The fraction of sp³-hybridized carbons (Fsp3) is 0.208. The van der Waals surface area contributed by atoms with E-state index in [0.29, 0.717) is 35.7 Å². The van der Waals surface area contributed by atoms with Crippen molar-refractivity contribution >= 4 is 28.7 Å². The lowest BCUT2D eigenvalue weighted by atomic mass is 10.0. The van der Waals surface area contributed by atoms with Gasteiger partial charge in [0.15, 0.2) is 0 Å². The highest BCUT2D eigenvalue weighted by Crippen LogP contribution is 2.38. The molecule has 162 valence electrons. The van der Waals surface area contributed by atoms with Crippen LogP contribution in [0.15, 0.2) is 72.8 Å². The predicted octanol–water partition coefficient (Wildman–Crippen LogP) is 4.20. The average Bonchev–Trinajstić information content (AvgIpc) is 2.85. The van der Waals surface area contributed by atoms with Gasteiger partial charge < -0.3 is 15.0 Å². The zero-order valence-corrected chi connectivity index (χ0v) is 17.3. The number of ether oxygens (including phenoxy) is 1. The minimum Gasteiger partial charge on any atom is -0.378 e. The van der Waals surface area contributed by atoms with Crippen LogP contribution in [0.1, 0.15) is 22.1 Å². The summed E-state index contributed by atoms with van der Waals surface area (Å²) in [6.45, 7) is 3.05. The van der Waals surface area contributed by atoms with Gasteiger partial charge >= 0.3 is 0 Å². The molecule has 1 fully saturated rings. The number of nitro groups is 1. The first-order valence-corrected chi connectivity index (χ1v) is 10.5. The summed E-state index contributed by atoms with van der Waals surface area (Å²) in [6, 6.07) is 21.5. The van der Waals surface area contributed by atoms with E-state index in [1.807, 2.05) is 42.5 Å². The third-order valence-corrected chi connectivity index (χ3v) is 5.83. The average molecular weight is 430 g/mol. The van der Waals surface area contributed by atoms with Crippen LogP contribution in [0, 0.1) is 10.1 Å². The van der Waals surface area contributed by atoms with Crippen molar-refractivity contribution in [3.63, 3.8) is 0 Å². The van der Waals surface area contributed by atoms with E-state index in [2.05, 4.69) is 10.2 Å². The van der Waals surface area contributed by atoms with Gasteiger partial charge in [0.05, 0.1) is 23.7 Å². The van der Waals surface area contributed by atoms with Crippen LogP contribution >= 0.6 is 0 Å². The van der Waals surface area contributed by atoms with Gasteiger partial charge in [0.1, 0.15) is 6.17 Å². The Kier molecular flexibility index (Phi) is 5.20. The largest absolute Gasteiger partial charge is 0.378 e. The highest BCUT2D eigenvalue weighted by Gasteiger charge is 2.34. The first-order chi connectivity index (χ1) is 15.6. The van der Waals surface area contributed by atoms with Gasteiger partial charge in [-0.2, -0.15) is 0 Å². The lowest BCUT2D eigenvalue weighted by Crippen LogP contribution is -2.43. The van der Waals surface area contributed by atoms with Gasteiger partial charge in [-0.15, -0.1) is 0 Å². The van der Waals surface area contributed by atoms with Crippen molar-refractivity contribution in [1.82, 2.24) is 0 Å². The number of nitrogens with zero attached hydrogens (tertiary/aromatic N) is 3.